The number of para-hydroxylation sites is 1. The molecule has 1 aromatic heterocycles. The molecule has 29 heavy (non-hydrogen) atoms. The summed E-state index contributed by atoms with van der Waals surface area (Å²) in [5.41, 5.74) is 4.60. The number of benzene rings is 2. The quantitative estimate of drug-likeness (QED) is 0.465. The third-order valence-electron chi connectivity index (χ3n) is 3.61. The molecule has 3 N–H and O–H groups in total. The van der Waals surface area contributed by atoms with Crippen LogP contribution in [-0.2, 0) is 10.0 Å². The van der Waals surface area contributed by atoms with Gasteiger partial charge in [-0.1, -0.05) is 29.8 Å². The molecule has 1 heterocycles. The molecule has 0 saturated heterocycles. The molecule has 0 saturated carbocycles. The topological polar surface area (TPSA) is 118 Å². The smallest absolute Gasteiger partial charge is 0.305 e. The Morgan fingerprint density at radius 2 is 1.66 bits per heavy atom. The number of rotatable bonds is 5. The molecule has 0 fully saturated rings. The molecule has 150 valence electrons. The molecule has 8 nitrogen and oxygen atoms in total. The molecule has 0 aliphatic heterocycles. The zero-order chi connectivity index (χ0) is 21.0. The number of anilines is 1. The highest BCUT2D eigenvalue weighted by molar-refractivity contribution is 9.10. The van der Waals surface area contributed by atoms with E-state index in [0.29, 0.717) is 4.67 Å². The summed E-state index contributed by atoms with van der Waals surface area (Å²) in [5, 5.41) is 0.234. The summed E-state index contributed by atoms with van der Waals surface area (Å²) in [4.78, 5) is 24.0. The molecule has 0 radical (unpaired) electrons. The Balaban J connectivity index is 1.72. The zero-order valence-corrected chi connectivity index (χ0v) is 17.6. The van der Waals surface area contributed by atoms with Gasteiger partial charge >= 0.3 is 5.91 Å². The lowest BCUT2D eigenvalue weighted by Crippen LogP contribution is -2.41. The van der Waals surface area contributed by atoms with Gasteiger partial charge in [-0.05, 0) is 58.4 Å². The van der Waals surface area contributed by atoms with Crippen LogP contribution in [0.25, 0.3) is 0 Å². The van der Waals surface area contributed by atoms with E-state index in [2.05, 4.69) is 31.5 Å². The maximum absolute atomic E-state index is 12.6. The number of furan rings is 1. The first kappa shape index (κ1) is 20.9. The van der Waals surface area contributed by atoms with Gasteiger partial charge in [0.05, 0.1) is 15.6 Å². The number of carbonyl (C=O) groups excluding carboxylic acids is 2. The summed E-state index contributed by atoms with van der Waals surface area (Å²) in [6.07, 6.45) is 0. The van der Waals surface area contributed by atoms with Gasteiger partial charge in [-0.25, -0.2) is 8.42 Å². The highest BCUT2D eigenvalue weighted by Crippen LogP contribution is 2.24. The first-order valence-corrected chi connectivity index (χ1v) is 10.6. The number of carbonyl (C=O) groups is 2. The Morgan fingerprint density at radius 1 is 0.931 bits per heavy atom. The van der Waals surface area contributed by atoms with Crippen LogP contribution in [0.2, 0.25) is 5.02 Å². The molecular formula is C18H13BrClN3O5S. The van der Waals surface area contributed by atoms with Crippen molar-refractivity contribution in [3.63, 3.8) is 0 Å². The van der Waals surface area contributed by atoms with Crippen molar-refractivity contribution in [1.29, 1.82) is 0 Å². The van der Waals surface area contributed by atoms with E-state index in [9.17, 15) is 18.0 Å². The van der Waals surface area contributed by atoms with Crippen molar-refractivity contribution in [1.82, 2.24) is 10.9 Å². The third-order valence-corrected chi connectivity index (χ3v) is 5.73. The van der Waals surface area contributed by atoms with Crippen molar-refractivity contribution in [3.8, 4) is 0 Å². The predicted molar refractivity (Wildman–Crippen MR) is 110 cm³/mol. The first-order valence-electron chi connectivity index (χ1n) is 8.00. The Kier molecular flexibility index (Phi) is 6.26. The van der Waals surface area contributed by atoms with Crippen LogP contribution >= 0.6 is 27.5 Å². The molecule has 3 aromatic rings. The number of sulfonamides is 1. The Bertz CT molecular complexity index is 1180. The SMILES string of the molecule is O=C(NNC(=O)c1ccc(Br)o1)c1cccc(S(=O)(=O)Nc2ccccc2Cl)c1. The van der Waals surface area contributed by atoms with Gasteiger partial charge in [0.15, 0.2) is 10.4 Å². The van der Waals surface area contributed by atoms with Gasteiger partial charge in [-0.2, -0.15) is 0 Å². The van der Waals surface area contributed by atoms with Crippen LogP contribution < -0.4 is 15.6 Å². The summed E-state index contributed by atoms with van der Waals surface area (Å²) in [5.74, 6) is -1.40. The minimum atomic E-state index is -3.99. The van der Waals surface area contributed by atoms with Gasteiger partial charge < -0.3 is 4.42 Å². The normalized spacial score (nSPS) is 11.0. The number of amides is 2. The van der Waals surface area contributed by atoms with Gasteiger partial charge in [0.2, 0.25) is 0 Å². The number of halogens is 2. The van der Waals surface area contributed by atoms with Gasteiger partial charge in [-0.3, -0.25) is 25.2 Å². The molecule has 0 spiro atoms. The Labute approximate surface area is 179 Å². The second kappa shape index (κ2) is 8.68. The minimum Gasteiger partial charge on any atom is -0.444 e. The van der Waals surface area contributed by atoms with Crippen molar-refractivity contribution in [2.24, 2.45) is 0 Å². The number of nitrogens with one attached hydrogen (secondary N) is 3. The second-order valence-electron chi connectivity index (χ2n) is 5.63. The van der Waals surface area contributed by atoms with E-state index in [-0.39, 0.29) is 26.9 Å². The van der Waals surface area contributed by atoms with Crippen molar-refractivity contribution in [2.45, 2.75) is 4.90 Å². The molecule has 11 heteroatoms. The van der Waals surface area contributed by atoms with Gasteiger partial charge in [0.1, 0.15) is 0 Å². The van der Waals surface area contributed by atoms with E-state index < -0.39 is 21.8 Å². The Hall–Kier alpha value is -2.82. The number of hydrogen-bond acceptors (Lipinski definition) is 5. The fourth-order valence-corrected chi connectivity index (χ4v) is 3.91. The van der Waals surface area contributed by atoms with E-state index in [1.54, 1.807) is 18.2 Å². The van der Waals surface area contributed by atoms with E-state index in [0.717, 1.165) is 0 Å². The average molecular weight is 499 g/mol. The van der Waals surface area contributed by atoms with Crippen LogP contribution in [0.5, 0.6) is 0 Å². The van der Waals surface area contributed by atoms with Crippen LogP contribution in [0.3, 0.4) is 0 Å². The van der Waals surface area contributed by atoms with Crippen LogP contribution in [0.1, 0.15) is 20.9 Å². The maximum atomic E-state index is 12.6. The van der Waals surface area contributed by atoms with Crippen LogP contribution in [0, 0.1) is 0 Å². The first-order chi connectivity index (χ1) is 13.8. The van der Waals surface area contributed by atoms with E-state index >= 15 is 0 Å². The fourth-order valence-electron chi connectivity index (χ4n) is 2.24. The van der Waals surface area contributed by atoms with E-state index in [4.69, 9.17) is 16.0 Å². The molecule has 3 rings (SSSR count). The molecular weight excluding hydrogens is 486 g/mol. The van der Waals surface area contributed by atoms with Crippen molar-refractivity contribution >= 4 is 55.1 Å². The molecule has 0 atom stereocenters. The molecule has 0 aliphatic carbocycles. The lowest BCUT2D eigenvalue weighted by Gasteiger charge is -2.11. The third kappa shape index (κ3) is 5.17. The lowest BCUT2D eigenvalue weighted by molar-refractivity contribution is 0.0830. The summed E-state index contributed by atoms with van der Waals surface area (Å²) in [7, 11) is -3.99. The van der Waals surface area contributed by atoms with E-state index in [1.807, 2.05) is 0 Å². The molecule has 2 amide bonds. The van der Waals surface area contributed by atoms with Crippen LogP contribution in [0.4, 0.5) is 5.69 Å². The predicted octanol–water partition coefficient (Wildman–Crippen LogP) is 3.57. The van der Waals surface area contributed by atoms with Crippen LogP contribution in [-0.4, -0.2) is 20.2 Å². The molecule has 0 bridgehead atoms. The summed E-state index contributed by atoms with van der Waals surface area (Å²) in [6.45, 7) is 0. The van der Waals surface area contributed by atoms with Crippen LogP contribution in [0.15, 0.2) is 74.6 Å². The average Bonchev–Trinajstić information content (AvgIpc) is 3.14. The zero-order valence-electron chi connectivity index (χ0n) is 14.5. The van der Waals surface area contributed by atoms with Crippen molar-refractivity contribution < 1.29 is 22.4 Å². The highest BCUT2D eigenvalue weighted by atomic mass is 79.9. The lowest BCUT2D eigenvalue weighted by atomic mass is 10.2. The monoisotopic (exact) mass is 497 g/mol. The van der Waals surface area contributed by atoms with Gasteiger partial charge in [0, 0.05) is 5.56 Å². The molecule has 2 aromatic carbocycles. The summed E-state index contributed by atoms with van der Waals surface area (Å²) < 4.78 is 33.0. The summed E-state index contributed by atoms with van der Waals surface area (Å²) in [6, 6.07) is 14.6. The largest absolute Gasteiger partial charge is 0.444 e. The summed E-state index contributed by atoms with van der Waals surface area (Å²) >= 11 is 9.05. The number of hydrogen-bond donors (Lipinski definition) is 3. The Morgan fingerprint density at radius 3 is 2.34 bits per heavy atom. The van der Waals surface area contributed by atoms with Crippen molar-refractivity contribution in [2.75, 3.05) is 4.72 Å². The van der Waals surface area contributed by atoms with Gasteiger partial charge in [0.25, 0.3) is 15.9 Å². The van der Waals surface area contributed by atoms with E-state index in [1.165, 1.54) is 42.5 Å². The van der Waals surface area contributed by atoms with Crippen molar-refractivity contribution in [3.05, 3.63) is 81.7 Å². The molecule has 0 unspecified atom stereocenters. The minimum absolute atomic E-state index is 0.0163. The molecule has 0 aliphatic rings. The highest BCUT2D eigenvalue weighted by Gasteiger charge is 2.18. The maximum Gasteiger partial charge on any atom is 0.305 e. The fraction of sp³-hybridized carbons (Fsp3) is 0. The second-order valence-corrected chi connectivity index (χ2v) is 8.50. The number of hydrazine groups is 1. The standard InChI is InChI=1S/C18H13BrClN3O5S/c19-16-9-8-15(28-16)18(25)22-21-17(24)11-4-3-5-12(10-11)29(26,27)23-14-7-2-1-6-13(14)20/h1-10,23H,(H,21,24)(H,22,25). The van der Waals surface area contributed by atoms with Gasteiger partial charge in [-0.15, -0.1) is 0 Å².